The van der Waals surface area contributed by atoms with Gasteiger partial charge in [0.05, 0.1) is 5.69 Å². The number of rotatable bonds is 5. The first-order valence-electron chi connectivity index (χ1n) is 6.49. The molecule has 4 heteroatoms. The maximum atomic E-state index is 13.8. The Morgan fingerprint density at radius 3 is 2.50 bits per heavy atom. The molecule has 0 aromatic heterocycles. The second-order valence-electron chi connectivity index (χ2n) is 4.76. The summed E-state index contributed by atoms with van der Waals surface area (Å²) in [5.74, 6) is -0.574. The van der Waals surface area contributed by atoms with Crippen molar-refractivity contribution in [3.63, 3.8) is 0 Å². The number of halogens is 2. The number of hydrogen-bond donors (Lipinski definition) is 1. The lowest BCUT2D eigenvalue weighted by Gasteiger charge is -2.20. The first-order chi connectivity index (χ1) is 9.61. The van der Waals surface area contributed by atoms with Gasteiger partial charge in [-0.1, -0.05) is 18.2 Å². The van der Waals surface area contributed by atoms with Crippen LogP contribution >= 0.6 is 0 Å². The van der Waals surface area contributed by atoms with Crippen molar-refractivity contribution in [3.8, 4) is 0 Å². The highest BCUT2D eigenvalue weighted by Crippen LogP contribution is 2.21. The molecular formula is C16H18F2N2. The van der Waals surface area contributed by atoms with Crippen molar-refractivity contribution >= 4 is 5.69 Å². The van der Waals surface area contributed by atoms with Crippen molar-refractivity contribution in [1.82, 2.24) is 5.32 Å². The molecule has 20 heavy (non-hydrogen) atoms. The van der Waals surface area contributed by atoms with E-state index in [1.165, 1.54) is 12.1 Å². The van der Waals surface area contributed by atoms with E-state index in [0.717, 1.165) is 5.56 Å². The van der Waals surface area contributed by atoms with E-state index >= 15 is 0 Å². The zero-order chi connectivity index (χ0) is 14.5. The molecule has 0 aliphatic rings. The van der Waals surface area contributed by atoms with Gasteiger partial charge in [0.1, 0.15) is 11.6 Å². The number of benzene rings is 2. The average molecular weight is 276 g/mol. The van der Waals surface area contributed by atoms with Crippen LogP contribution in [0.3, 0.4) is 0 Å². The third-order valence-corrected chi connectivity index (χ3v) is 3.16. The van der Waals surface area contributed by atoms with Crippen LogP contribution in [-0.4, -0.2) is 14.1 Å². The zero-order valence-electron chi connectivity index (χ0n) is 11.7. The Kier molecular flexibility index (Phi) is 4.69. The molecule has 0 saturated heterocycles. The summed E-state index contributed by atoms with van der Waals surface area (Å²) >= 11 is 0. The standard InChI is InChI=1S/C16H18F2N2/c1-19-10-12-7-8-14(17)13(9-12)11-20(2)16-6-4-3-5-15(16)18/h3-9,19H,10-11H2,1-2H3. The van der Waals surface area contributed by atoms with Crippen molar-refractivity contribution in [2.45, 2.75) is 13.1 Å². The van der Waals surface area contributed by atoms with E-state index in [9.17, 15) is 8.78 Å². The van der Waals surface area contributed by atoms with Gasteiger partial charge in [0, 0.05) is 25.7 Å². The Balaban J connectivity index is 2.21. The normalized spacial score (nSPS) is 10.6. The molecule has 106 valence electrons. The average Bonchev–Trinajstić information content (AvgIpc) is 2.43. The highest BCUT2D eigenvalue weighted by molar-refractivity contribution is 5.47. The third-order valence-electron chi connectivity index (χ3n) is 3.16. The van der Waals surface area contributed by atoms with Gasteiger partial charge in [-0.15, -0.1) is 0 Å². The van der Waals surface area contributed by atoms with Gasteiger partial charge in [-0.05, 0) is 36.9 Å². The lowest BCUT2D eigenvalue weighted by Crippen LogP contribution is -2.19. The van der Waals surface area contributed by atoms with Gasteiger partial charge in [-0.25, -0.2) is 8.78 Å². The Hall–Kier alpha value is -1.94. The monoisotopic (exact) mass is 276 g/mol. The molecule has 0 radical (unpaired) electrons. The van der Waals surface area contributed by atoms with Gasteiger partial charge in [-0.2, -0.15) is 0 Å². The molecule has 0 spiro atoms. The molecule has 0 aliphatic carbocycles. The van der Waals surface area contributed by atoms with Gasteiger partial charge >= 0.3 is 0 Å². The molecule has 1 N–H and O–H groups in total. The summed E-state index contributed by atoms with van der Waals surface area (Å²) in [6, 6.07) is 11.5. The van der Waals surface area contributed by atoms with Crippen LogP contribution in [0.15, 0.2) is 42.5 Å². The van der Waals surface area contributed by atoms with Crippen LogP contribution in [-0.2, 0) is 13.1 Å². The summed E-state index contributed by atoms with van der Waals surface area (Å²) in [5, 5.41) is 3.03. The smallest absolute Gasteiger partial charge is 0.146 e. The van der Waals surface area contributed by atoms with Gasteiger partial charge in [0.15, 0.2) is 0 Å². The van der Waals surface area contributed by atoms with Gasteiger partial charge in [0.2, 0.25) is 0 Å². The predicted molar refractivity (Wildman–Crippen MR) is 77.7 cm³/mol. The number of hydrogen-bond acceptors (Lipinski definition) is 2. The van der Waals surface area contributed by atoms with E-state index in [1.54, 1.807) is 36.2 Å². The van der Waals surface area contributed by atoms with Gasteiger partial charge < -0.3 is 10.2 Å². The van der Waals surface area contributed by atoms with Crippen LogP contribution in [0.1, 0.15) is 11.1 Å². The van der Waals surface area contributed by atoms with E-state index < -0.39 is 0 Å². The maximum Gasteiger partial charge on any atom is 0.146 e. The highest BCUT2D eigenvalue weighted by atomic mass is 19.1. The molecule has 2 nitrogen and oxygen atoms in total. The predicted octanol–water partition coefficient (Wildman–Crippen LogP) is 3.32. The third kappa shape index (κ3) is 3.33. The number of anilines is 1. The van der Waals surface area contributed by atoms with Crippen LogP contribution < -0.4 is 10.2 Å². The minimum Gasteiger partial charge on any atom is -0.368 e. The molecular weight excluding hydrogens is 258 g/mol. The van der Waals surface area contributed by atoms with Gasteiger partial charge in [-0.3, -0.25) is 0 Å². The molecule has 0 fully saturated rings. The number of nitrogens with zero attached hydrogens (tertiary/aromatic N) is 1. The number of para-hydroxylation sites is 1. The zero-order valence-corrected chi connectivity index (χ0v) is 11.7. The molecule has 0 heterocycles. The highest BCUT2D eigenvalue weighted by Gasteiger charge is 2.10. The Morgan fingerprint density at radius 2 is 1.80 bits per heavy atom. The molecule has 0 bridgehead atoms. The molecule has 0 amide bonds. The number of nitrogens with one attached hydrogen (secondary N) is 1. The van der Waals surface area contributed by atoms with Gasteiger partial charge in [0.25, 0.3) is 0 Å². The summed E-state index contributed by atoms with van der Waals surface area (Å²) in [5.41, 5.74) is 2.03. The summed E-state index contributed by atoms with van der Waals surface area (Å²) in [6.07, 6.45) is 0. The fourth-order valence-corrected chi connectivity index (χ4v) is 2.17. The summed E-state index contributed by atoms with van der Waals surface area (Å²) in [6.45, 7) is 1.00. The molecule has 2 aromatic carbocycles. The van der Waals surface area contributed by atoms with Crippen LogP contribution in [0.4, 0.5) is 14.5 Å². The SMILES string of the molecule is CNCc1ccc(F)c(CN(C)c2ccccc2F)c1. The van der Waals surface area contributed by atoms with Crippen molar-refractivity contribution in [2.75, 3.05) is 19.0 Å². The Morgan fingerprint density at radius 1 is 1.05 bits per heavy atom. The van der Waals surface area contributed by atoms with Crippen LogP contribution in [0.2, 0.25) is 0 Å². The fraction of sp³-hybridized carbons (Fsp3) is 0.250. The first kappa shape index (κ1) is 14.5. The second kappa shape index (κ2) is 6.48. The second-order valence-corrected chi connectivity index (χ2v) is 4.76. The maximum absolute atomic E-state index is 13.8. The molecule has 0 aliphatic heterocycles. The molecule has 0 unspecified atom stereocenters. The topological polar surface area (TPSA) is 15.3 Å². The Labute approximate surface area is 118 Å². The van der Waals surface area contributed by atoms with E-state index in [-0.39, 0.29) is 11.6 Å². The van der Waals surface area contributed by atoms with E-state index in [4.69, 9.17) is 0 Å². The van der Waals surface area contributed by atoms with E-state index in [1.807, 2.05) is 13.1 Å². The van der Waals surface area contributed by atoms with E-state index in [2.05, 4.69) is 5.32 Å². The van der Waals surface area contributed by atoms with Crippen molar-refractivity contribution in [2.24, 2.45) is 0 Å². The van der Waals surface area contributed by atoms with Crippen LogP contribution in [0.5, 0.6) is 0 Å². The van der Waals surface area contributed by atoms with Crippen molar-refractivity contribution < 1.29 is 8.78 Å². The van der Waals surface area contributed by atoms with Crippen LogP contribution in [0, 0.1) is 11.6 Å². The molecule has 0 atom stereocenters. The molecule has 2 rings (SSSR count). The summed E-state index contributed by atoms with van der Waals surface area (Å²) < 4.78 is 27.5. The molecule has 0 saturated carbocycles. The lowest BCUT2D eigenvalue weighted by atomic mass is 10.1. The molecule has 2 aromatic rings. The lowest BCUT2D eigenvalue weighted by molar-refractivity contribution is 0.599. The minimum absolute atomic E-state index is 0.270. The summed E-state index contributed by atoms with van der Waals surface area (Å²) in [4.78, 5) is 1.71. The van der Waals surface area contributed by atoms with Crippen molar-refractivity contribution in [3.05, 3.63) is 65.2 Å². The fourth-order valence-electron chi connectivity index (χ4n) is 2.17. The quantitative estimate of drug-likeness (QED) is 0.901. The minimum atomic E-state index is -0.304. The van der Waals surface area contributed by atoms with Crippen molar-refractivity contribution in [1.29, 1.82) is 0 Å². The van der Waals surface area contributed by atoms with E-state index in [0.29, 0.717) is 24.3 Å². The first-order valence-corrected chi connectivity index (χ1v) is 6.49. The largest absolute Gasteiger partial charge is 0.368 e. The Bertz CT molecular complexity index is 584. The summed E-state index contributed by atoms with van der Waals surface area (Å²) in [7, 11) is 3.59. The van der Waals surface area contributed by atoms with Crippen LogP contribution in [0.25, 0.3) is 0 Å².